The zero-order valence-corrected chi connectivity index (χ0v) is 8.36. The Morgan fingerprint density at radius 3 is 2.42 bits per heavy atom. The van der Waals surface area contributed by atoms with Crippen molar-refractivity contribution >= 4 is 17.3 Å². The monoisotopic (exact) mass is 184 g/mol. The Hall–Kier alpha value is -0.310. The SMILES string of the molecule is CNC(=S)N1CC2CCCC2C1. The first kappa shape index (κ1) is 8.30. The molecule has 1 aliphatic heterocycles. The van der Waals surface area contributed by atoms with Gasteiger partial charge in [0.1, 0.15) is 0 Å². The number of likely N-dealkylation sites (tertiary alicyclic amines) is 1. The maximum atomic E-state index is 5.21. The Kier molecular flexibility index (Phi) is 2.22. The Bertz CT molecular complexity index is 181. The summed E-state index contributed by atoms with van der Waals surface area (Å²) in [5.74, 6) is 1.88. The van der Waals surface area contributed by atoms with E-state index in [-0.39, 0.29) is 0 Å². The fraction of sp³-hybridized carbons (Fsp3) is 0.889. The predicted octanol–water partition coefficient (Wildman–Crippen LogP) is 1.22. The van der Waals surface area contributed by atoms with Crippen molar-refractivity contribution in [3.8, 4) is 0 Å². The summed E-state index contributed by atoms with van der Waals surface area (Å²) in [5, 5.41) is 3.99. The summed E-state index contributed by atoms with van der Waals surface area (Å²) in [6, 6.07) is 0. The second kappa shape index (κ2) is 3.21. The molecule has 2 atom stereocenters. The van der Waals surface area contributed by atoms with Crippen molar-refractivity contribution in [1.82, 2.24) is 10.2 Å². The van der Waals surface area contributed by atoms with Crippen LogP contribution in [-0.4, -0.2) is 30.1 Å². The van der Waals surface area contributed by atoms with Crippen LogP contribution in [0.5, 0.6) is 0 Å². The van der Waals surface area contributed by atoms with E-state index in [1.165, 1.54) is 32.4 Å². The van der Waals surface area contributed by atoms with Crippen LogP contribution in [0.2, 0.25) is 0 Å². The van der Waals surface area contributed by atoms with Gasteiger partial charge in [-0.3, -0.25) is 0 Å². The Balaban J connectivity index is 1.94. The van der Waals surface area contributed by atoms with Crippen molar-refractivity contribution in [3.63, 3.8) is 0 Å². The number of fused-ring (bicyclic) bond motifs is 1. The van der Waals surface area contributed by atoms with Gasteiger partial charge in [0.2, 0.25) is 0 Å². The van der Waals surface area contributed by atoms with Gasteiger partial charge in [0.25, 0.3) is 0 Å². The molecule has 0 amide bonds. The maximum absolute atomic E-state index is 5.21. The normalized spacial score (nSPS) is 33.6. The summed E-state index contributed by atoms with van der Waals surface area (Å²) in [6.07, 6.45) is 4.29. The van der Waals surface area contributed by atoms with E-state index in [9.17, 15) is 0 Å². The molecule has 1 saturated heterocycles. The van der Waals surface area contributed by atoms with E-state index in [0.717, 1.165) is 16.9 Å². The smallest absolute Gasteiger partial charge is 0.168 e. The molecule has 68 valence electrons. The highest BCUT2D eigenvalue weighted by Crippen LogP contribution is 2.37. The van der Waals surface area contributed by atoms with Crippen LogP contribution in [0.25, 0.3) is 0 Å². The molecule has 2 fully saturated rings. The molecule has 2 unspecified atom stereocenters. The minimum absolute atomic E-state index is 0.935. The minimum Gasteiger partial charge on any atom is -0.366 e. The summed E-state index contributed by atoms with van der Waals surface area (Å²) < 4.78 is 0. The van der Waals surface area contributed by atoms with Crippen LogP contribution in [-0.2, 0) is 0 Å². The van der Waals surface area contributed by atoms with E-state index in [4.69, 9.17) is 12.2 Å². The first-order chi connectivity index (χ1) is 5.81. The summed E-state index contributed by atoms with van der Waals surface area (Å²) in [7, 11) is 1.91. The molecule has 2 aliphatic rings. The molecule has 1 heterocycles. The summed E-state index contributed by atoms with van der Waals surface area (Å²) in [4.78, 5) is 2.32. The van der Waals surface area contributed by atoms with Crippen LogP contribution >= 0.6 is 12.2 Å². The molecule has 2 nitrogen and oxygen atoms in total. The summed E-state index contributed by atoms with van der Waals surface area (Å²) >= 11 is 5.21. The lowest BCUT2D eigenvalue weighted by Gasteiger charge is -2.19. The Labute approximate surface area is 79.3 Å². The van der Waals surface area contributed by atoms with Crippen LogP contribution in [0.15, 0.2) is 0 Å². The third-order valence-corrected chi connectivity index (χ3v) is 3.69. The molecule has 0 bridgehead atoms. The molecule has 0 aromatic heterocycles. The second-order valence-electron chi connectivity index (χ2n) is 3.91. The predicted molar refractivity (Wildman–Crippen MR) is 54.1 cm³/mol. The minimum atomic E-state index is 0.935. The first-order valence-electron chi connectivity index (χ1n) is 4.78. The van der Waals surface area contributed by atoms with Gasteiger partial charge in [-0.1, -0.05) is 6.42 Å². The lowest BCUT2D eigenvalue weighted by molar-refractivity contribution is 0.460. The quantitative estimate of drug-likeness (QED) is 0.570. The van der Waals surface area contributed by atoms with Crippen LogP contribution in [0.3, 0.4) is 0 Å². The number of nitrogens with zero attached hydrogens (tertiary/aromatic N) is 1. The van der Waals surface area contributed by atoms with Gasteiger partial charge in [-0.05, 0) is 36.9 Å². The fourth-order valence-electron chi connectivity index (χ4n) is 2.56. The number of thiocarbonyl (C=S) groups is 1. The molecule has 1 aliphatic carbocycles. The third-order valence-electron chi connectivity index (χ3n) is 3.23. The average molecular weight is 184 g/mol. The molecular weight excluding hydrogens is 168 g/mol. The van der Waals surface area contributed by atoms with E-state index in [0.29, 0.717) is 0 Å². The van der Waals surface area contributed by atoms with Crippen LogP contribution in [0, 0.1) is 11.8 Å². The highest BCUT2D eigenvalue weighted by molar-refractivity contribution is 7.80. The summed E-state index contributed by atoms with van der Waals surface area (Å²) in [5.41, 5.74) is 0. The maximum Gasteiger partial charge on any atom is 0.168 e. The number of hydrogen-bond acceptors (Lipinski definition) is 1. The van der Waals surface area contributed by atoms with Crippen LogP contribution < -0.4 is 5.32 Å². The topological polar surface area (TPSA) is 15.3 Å². The third kappa shape index (κ3) is 1.30. The average Bonchev–Trinajstić information content (AvgIpc) is 2.60. The molecule has 0 spiro atoms. The molecule has 3 heteroatoms. The van der Waals surface area contributed by atoms with Crippen molar-refractivity contribution in [3.05, 3.63) is 0 Å². The van der Waals surface area contributed by atoms with E-state index in [2.05, 4.69) is 10.2 Å². The highest BCUT2D eigenvalue weighted by Gasteiger charge is 2.36. The highest BCUT2D eigenvalue weighted by atomic mass is 32.1. The Morgan fingerprint density at radius 2 is 1.92 bits per heavy atom. The van der Waals surface area contributed by atoms with Crippen molar-refractivity contribution in [2.24, 2.45) is 11.8 Å². The number of rotatable bonds is 0. The molecular formula is C9H16N2S. The van der Waals surface area contributed by atoms with E-state index >= 15 is 0 Å². The van der Waals surface area contributed by atoms with Gasteiger partial charge in [0.15, 0.2) is 5.11 Å². The molecule has 0 aromatic rings. The van der Waals surface area contributed by atoms with Gasteiger partial charge in [-0.2, -0.15) is 0 Å². The van der Waals surface area contributed by atoms with E-state index in [1.54, 1.807) is 0 Å². The zero-order chi connectivity index (χ0) is 8.55. The molecule has 1 saturated carbocycles. The number of nitrogens with one attached hydrogen (secondary N) is 1. The van der Waals surface area contributed by atoms with Crippen molar-refractivity contribution in [1.29, 1.82) is 0 Å². The standard InChI is InChI=1S/C9H16N2S/c1-10-9(12)11-5-7-3-2-4-8(7)6-11/h7-8H,2-6H2,1H3,(H,10,12). The van der Waals surface area contributed by atoms with Gasteiger partial charge in [0.05, 0.1) is 0 Å². The van der Waals surface area contributed by atoms with E-state index < -0.39 is 0 Å². The molecule has 0 radical (unpaired) electrons. The largest absolute Gasteiger partial charge is 0.366 e. The summed E-state index contributed by atoms with van der Waals surface area (Å²) in [6.45, 7) is 2.40. The molecule has 1 N–H and O–H groups in total. The lowest BCUT2D eigenvalue weighted by Crippen LogP contribution is -2.36. The van der Waals surface area contributed by atoms with Gasteiger partial charge >= 0.3 is 0 Å². The van der Waals surface area contributed by atoms with Gasteiger partial charge < -0.3 is 10.2 Å². The lowest BCUT2D eigenvalue weighted by atomic mass is 10.0. The number of hydrogen-bond donors (Lipinski definition) is 1. The van der Waals surface area contributed by atoms with Gasteiger partial charge in [-0.25, -0.2) is 0 Å². The van der Waals surface area contributed by atoms with Crippen LogP contribution in [0.4, 0.5) is 0 Å². The first-order valence-corrected chi connectivity index (χ1v) is 5.18. The second-order valence-corrected chi connectivity index (χ2v) is 4.30. The van der Waals surface area contributed by atoms with Crippen molar-refractivity contribution in [2.45, 2.75) is 19.3 Å². The Morgan fingerprint density at radius 1 is 1.33 bits per heavy atom. The van der Waals surface area contributed by atoms with Crippen molar-refractivity contribution in [2.75, 3.05) is 20.1 Å². The van der Waals surface area contributed by atoms with Crippen LogP contribution in [0.1, 0.15) is 19.3 Å². The molecule has 12 heavy (non-hydrogen) atoms. The van der Waals surface area contributed by atoms with Gasteiger partial charge in [0, 0.05) is 20.1 Å². The fourth-order valence-corrected chi connectivity index (χ4v) is 2.71. The van der Waals surface area contributed by atoms with Gasteiger partial charge in [-0.15, -0.1) is 0 Å². The molecule has 2 rings (SSSR count). The van der Waals surface area contributed by atoms with E-state index in [1.807, 2.05) is 7.05 Å². The van der Waals surface area contributed by atoms with Crippen molar-refractivity contribution < 1.29 is 0 Å². The zero-order valence-electron chi connectivity index (χ0n) is 7.55. The molecule has 0 aromatic carbocycles.